The predicted molar refractivity (Wildman–Crippen MR) is 114 cm³/mol. The maximum Gasteiger partial charge on any atom is 0.330 e. The van der Waals surface area contributed by atoms with Gasteiger partial charge in [-0.05, 0) is 35.7 Å². The van der Waals surface area contributed by atoms with E-state index in [0.29, 0.717) is 15.9 Å². The number of fused-ring (bicyclic) bond motifs is 1. The van der Waals surface area contributed by atoms with E-state index in [1.165, 1.54) is 11.6 Å². The first-order valence-corrected chi connectivity index (χ1v) is 9.47. The molecule has 2 aromatic heterocycles. The van der Waals surface area contributed by atoms with Gasteiger partial charge >= 0.3 is 5.69 Å². The molecule has 0 N–H and O–H groups in total. The van der Waals surface area contributed by atoms with E-state index in [2.05, 4.69) is 13.0 Å². The van der Waals surface area contributed by atoms with Crippen molar-refractivity contribution in [3.05, 3.63) is 86.2 Å². The minimum absolute atomic E-state index is 0.309. The highest BCUT2D eigenvalue weighted by Gasteiger charge is 2.21. The molecule has 2 aromatic carbocycles. The molecule has 0 aliphatic carbocycles. The third kappa shape index (κ3) is 2.70. The van der Waals surface area contributed by atoms with E-state index in [1.54, 1.807) is 19.2 Å². The Kier molecular flexibility index (Phi) is 4.47. The number of aromatic nitrogens is 3. The van der Waals surface area contributed by atoms with Crippen LogP contribution in [-0.2, 0) is 20.5 Å². The Labute approximate surface area is 167 Å². The highest BCUT2D eigenvalue weighted by Crippen LogP contribution is 2.32. The van der Waals surface area contributed by atoms with Crippen molar-refractivity contribution in [3.63, 3.8) is 0 Å². The summed E-state index contributed by atoms with van der Waals surface area (Å²) in [5.74, 6) is 0. The van der Waals surface area contributed by atoms with Gasteiger partial charge in [0, 0.05) is 31.0 Å². The van der Waals surface area contributed by atoms with Crippen LogP contribution in [0.15, 0.2) is 64.3 Å². The van der Waals surface area contributed by atoms with Gasteiger partial charge in [0.2, 0.25) is 0 Å². The summed E-state index contributed by atoms with van der Waals surface area (Å²) in [6.45, 7) is 2.10. The van der Waals surface area contributed by atoms with E-state index < -0.39 is 0 Å². The van der Waals surface area contributed by atoms with Gasteiger partial charge in [0.15, 0.2) is 0 Å². The smallest absolute Gasteiger partial charge is 0.313 e. The summed E-state index contributed by atoms with van der Waals surface area (Å²) in [7, 11) is 3.19. The van der Waals surface area contributed by atoms with Crippen molar-refractivity contribution in [2.24, 2.45) is 14.1 Å². The van der Waals surface area contributed by atoms with Gasteiger partial charge in [0.25, 0.3) is 5.56 Å². The van der Waals surface area contributed by atoms with E-state index in [0.717, 1.165) is 33.5 Å². The van der Waals surface area contributed by atoms with Crippen molar-refractivity contribution >= 4 is 22.5 Å². The first kappa shape index (κ1) is 18.3. The van der Waals surface area contributed by atoms with Gasteiger partial charge in [-0.1, -0.05) is 48.9 Å². The molecule has 0 saturated heterocycles. The molecular weight excluding hydrogens is 374 g/mol. The largest absolute Gasteiger partial charge is 0.330 e. The second-order valence-corrected chi connectivity index (χ2v) is 7.24. The maximum atomic E-state index is 13.1. The van der Waals surface area contributed by atoms with Crippen LogP contribution in [0.5, 0.6) is 0 Å². The molecule has 0 amide bonds. The standard InChI is InChI=1S/C22H20ClN3O2/c1-4-14-7-5-6-8-17(14)26-13-18-19(21(27)25(3)22(28)24(18)2)20(26)15-9-11-16(23)12-10-15/h5-13H,4H2,1-3H3. The zero-order chi connectivity index (χ0) is 20.0. The average Bonchev–Trinajstić information content (AvgIpc) is 3.11. The maximum absolute atomic E-state index is 13.1. The SMILES string of the molecule is CCc1ccccc1-n1cc2c(c1-c1ccc(Cl)cc1)c(=O)n(C)c(=O)n2C. The number of halogens is 1. The van der Waals surface area contributed by atoms with Crippen LogP contribution in [0.3, 0.4) is 0 Å². The molecule has 0 radical (unpaired) electrons. The van der Waals surface area contributed by atoms with Gasteiger partial charge in [0.1, 0.15) is 0 Å². The van der Waals surface area contributed by atoms with Crippen LogP contribution >= 0.6 is 11.6 Å². The molecule has 0 fully saturated rings. The molecule has 0 spiro atoms. The fourth-order valence-electron chi connectivity index (χ4n) is 3.67. The van der Waals surface area contributed by atoms with Crippen LogP contribution < -0.4 is 11.2 Å². The van der Waals surface area contributed by atoms with Crippen molar-refractivity contribution in [2.45, 2.75) is 13.3 Å². The van der Waals surface area contributed by atoms with E-state index in [4.69, 9.17) is 11.6 Å². The molecule has 0 atom stereocenters. The lowest BCUT2D eigenvalue weighted by Crippen LogP contribution is -2.36. The number of hydrogen-bond donors (Lipinski definition) is 0. The van der Waals surface area contributed by atoms with Crippen LogP contribution in [0, 0.1) is 0 Å². The molecule has 0 bridgehead atoms. The third-order valence-electron chi connectivity index (χ3n) is 5.19. The third-order valence-corrected chi connectivity index (χ3v) is 5.44. The van der Waals surface area contributed by atoms with Crippen LogP contribution in [0.1, 0.15) is 12.5 Å². The number of rotatable bonds is 3. The lowest BCUT2D eigenvalue weighted by molar-refractivity contribution is 0.714. The lowest BCUT2D eigenvalue weighted by Gasteiger charge is -2.13. The molecule has 4 rings (SSSR count). The monoisotopic (exact) mass is 393 g/mol. The Bertz CT molecular complexity index is 1310. The summed E-state index contributed by atoms with van der Waals surface area (Å²) in [5, 5.41) is 1.14. The molecular formula is C22H20ClN3O2. The fraction of sp³-hybridized carbons (Fsp3) is 0.182. The first-order valence-electron chi connectivity index (χ1n) is 9.09. The Morgan fingerprint density at radius 2 is 1.61 bits per heavy atom. The number of para-hydroxylation sites is 1. The normalized spacial score (nSPS) is 11.3. The van der Waals surface area contributed by atoms with E-state index >= 15 is 0 Å². The molecule has 6 heteroatoms. The first-order chi connectivity index (χ1) is 13.4. The Morgan fingerprint density at radius 3 is 2.29 bits per heavy atom. The fourth-order valence-corrected chi connectivity index (χ4v) is 3.79. The van der Waals surface area contributed by atoms with Gasteiger partial charge < -0.3 is 4.57 Å². The minimum atomic E-state index is -0.346. The highest BCUT2D eigenvalue weighted by molar-refractivity contribution is 6.30. The van der Waals surface area contributed by atoms with E-state index in [9.17, 15) is 9.59 Å². The number of benzene rings is 2. The van der Waals surface area contributed by atoms with Gasteiger partial charge in [-0.25, -0.2) is 4.79 Å². The van der Waals surface area contributed by atoms with Crippen molar-refractivity contribution < 1.29 is 0 Å². The van der Waals surface area contributed by atoms with Crippen LogP contribution in [0.25, 0.3) is 27.8 Å². The molecule has 0 unspecified atom stereocenters. The van der Waals surface area contributed by atoms with Gasteiger partial charge in [-0.15, -0.1) is 0 Å². The quantitative estimate of drug-likeness (QED) is 0.530. The van der Waals surface area contributed by atoms with E-state index in [-0.39, 0.29) is 11.2 Å². The van der Waals surface area contributed by atoms with Gasteiger partial charge in [0.05, 0.1) is 16.6 Å². The summed E-state index contributed by atoms with van der Waals surface area (Å²) in [6.07, 6.45) is 2.72. The second kappa shape index (κ2) is 6.84. The summed E-state index contributed by atoms with van der Waals surface area (Å²) in [4.78, 5) is 25.5. The van der Waals surface area contributed by atoms with Gasteiger partial charge in [-0.3, -0.25) is 13.9 Å². The van der Waals surface area contributed by atoms with E-state index in [1.807, 2.05) is 41.1 Å². The minimum Gasteiger partial charge on any atom is -0.313 e. The van der Waals surface area contributed by atoms with Crippen LogP contribution in [0.4, 0.5) is 0 Å². The Hall–Kier alpha value is -3.05. The average molecular weight is 394 g/mol. The van der Waals surface area contributed by atoms with Crippen molar-refractivity contribution in [1.82, 2.24) is 13.7 Å². The number of nitrogens with zero attached hydrogens (tertiary/aromatic N) is 3. The Morgan fingerprint density at radius 1 is 0.929 bits per heavy atom. The summed E-state index contributed by atoms with van der Waals surface area (Å²) in [6, 6.07) is 15.5. The van der Waals surface area contributed by atoms with Crippen molar-refractivity contribution in [1.29, 1.82) is 0 Å². The van der Waals surface area contributed by atoms with Crippen LogP contribution in [-0.4, -0.2) is 13.7 Å². The number of aryl methyl sites for hydroxylation is 2. The molecule has 28 heavy (non-hydrogen) atoms. The van der Waals surface area contributed by atoms with Crippen LogP contribution in [0.2, 0.25) is 5.02 Å². The summed E-state index contributed by atoms with van der Waals surface area (Å²) < 4.78 is 4.67. The second-order valence-electron chi connectivity index (χ2n) is 6.80. The van der Waals surface area contributed by atoms with Gasteiger partial charge in [-0.2, -0.15) is 0 Å². The highest BCUT2D eigenvalue weighted by atomic mass is 35.5. The predicted octanol–water partition coefficient (Wildman–Crippen LogP) is 3.91. The lowest BCUT2D eigenvalue weighted by atomic mass is 10.1. The van der Waals surface area contributed by atoms with Crippen molar-refractivity contribution in [3.8, 4) is 16.9 Å². The molecule has 5 nitrogen and oxygen atoms in total. The zero-order valence-electron chi connectivity index (χ0n) is 15.9. The molecule has 142 valence electrons. The molecule has 4 aromatic rings. The summed E-state index contributed by atoms with van der Waals surface area (Å²) >= 11 is 6.08. The zero-order valence-corrected chi connectivity index (χ0v) is 16.7. The van der Waals surface area contributed by atoms with Crippen molar-refractivity contribution in [2.75, 3.05) is 0 Å². The Balaban J connectivity index is 2.22. The topological polar surface area (TPSA) is 48.9 Å². The molecule has 0 saturated carbocycles. The molecule has 2 heterocycles. The molecule has 0 aliphatic heterocycles. The summed E-state index contributed by atoms with van der Waals surface area (Å²) in [5.41, 5.74) is 3.70. The molecule has 0 aliphatic rings. The number of hydrogen-bond acceptors (Lipinski definition) is 2.